The summed E-state index contributed by atoms with van der Waals surface area (Å²) < 4.78 is 55.1. The largest absolute Gasteiger partial charge is 0.387 e. The fourth-order valence-electron chi connectivity index (χ4n) is 4.66. The van der Waals surface area contributed by atoms with Gasteiger partial charge in [0.15, 0.2) is 0 Å². The highest BCUT2D eigenvalue weighted by Crippen LogP contribution is 2.51. The number of anilines is 3. The molecule has 1 saturated heterocycles. The molecule has 0 radical (unpaired) electrons. The Labute approximate surface area is 202 Å². The van der Waals surface area contributed by atoms with Gasteiger partial charge in [0.2, 0.25) is 5.91 Å². The summed E-state index contributed by atoms with van der Waals surface area (Å²) in [6.07, 6.45) is -0.297. The van der Waals surface area contributed by atoms with E-state index in [9.17, 15) is 22.0 Å². The molecular formula is C23H27F2N5O4S. The number of hydrogen-bond acceptors (Lipinski definition) is 6. The Hall–Kier alpha value is -2.99. The van der Waals surface area contributed by atoms with E-state index < -0.39 is 28.7 Å². The predicted octanol–water partition coefficient (Wildman–Crippen LogP) is 1.85. The monoisotopic (exact) mass is 507 g/mol. The number of fused-ring (bicyclic) bond motifs is 1. The maximum atomic E-state index is 13.5. The van der Waals surface area contributed by atoms with Gasteiger partial charge in [0, 0.05) is 57.7 Å². The molecule has 1 N–H and O–H groups in total. The lowest BCUT2D eigenvalue weighted by Gasteiger charge is -2.35. The summed E-state index contributed by atoms with van der Waals surface area (Å²) >= 11 is 0. The standard InChI is InChI=1S/C23H27F2N5O4S/c1-15-3-6-20(28-7-9-29(10-8-28)21(32)14-31)26-22(15)16-4-5-18-19(11-16)27(2)35(33,34)30(18)13-17-12-23(17,24)25/h3-6,11,17,31H,7-10,12-14H2,1-2H3. The summed E-state index contributed by atoms with van der Waals surface area (Å²) in [5.41, 5.74) is 3.13. The van der Waals surface area contributed by atoms with E-state index in [2.05, 4.69) is 4.90 Å². The van der Waals surface area contributed by atoms with Crippen LogP contribution in [-0.2, 0) is 15.0 Å². The number of aliphatic hydroxyl groups is 1. The molecule has 1 aromatic carbocycles. The van der Waals surface area contributed by atoms with Crippen molar-refractivity contribution in [2.45, 2.75) is 19.3 Å². The summed E-state index contributed by atoms with van der Waals surface area (Å²) in [4.78, 5) is 20.2. The van der Waals surface area contributed by atoms with Crippen LogP contribution in [-0.4, -0.2) is 81.6 Å². The molecule has 1 atom stereocenters. The van der Waals surface area contributed by atoms with Crippen LogP contribution >= 0.6 is 0 Å². The molecule has 1 saturated carbocycles. The third-order valence-corrected chi connectivity index (χ3v) is 8.79. The van der Waals surface area contributed by atoms with Crippen LogP contribution in [0.3, 0.4) is 0 Å². The summed E-state index contributed by atoms with van der Waals surface area (Å²) in [6.45, 7) is 3.29. The Morgan fingerprint density at radius 1 is 1.14 bits per heavy atom. The first-order chi connectivity index (χ1) is 16.5. The maximum absolute atomic E-state index is 13.5. The van der Waals surface area contributed by atoms with Crippen LogP contribution in [0.4, 0.5) is 26.0 Å². The minimum absolute atomic E-state index is 0.246. The minimum Gasteiger partial charge on any atom is -0.387 e. The number of aliphatic hydroxyl groups excluding tert-OH is 1. The third kappa shape index (κ3) is 4.08. The molecule has 1 aliphatic carbocycles. The SMILES string of the molecule is Cc1ccc(N2CCN(C(=O)CO)CC2)nc1-c1ccc2c(c1)N(C)S(=O)(=O)N2CC1CC1(F)F. The number of rotatable bonds is 5. The van der Waals surface area contributed by atoms with Gasteiger partial charge < -0.3 is 14.9 Å². The number of aromatic nitrogens is 1. The summed E-state index contributed by atoms with van der Waals surface area (Å²) in [6, 6.07) is 9.00. The highest BCUT2D eigenvalue weighted by atomic mass is 32.2. The first-order valence-corrected chi connectivity index (χ1v) is 12.8. The van der Waals surface area contributed by atoms with Crippen LogP contribution in [0.15, 0.2) is 30.3 Å². The molecule has 35 heavy (non-hydrogen) atoms. The number of piperazine rings is 1. The molecule has 9 nitrogen and oxygen atoms in total. The number of hydrogen-bond donors (Lipinski definition) is 1. The number of carbonyl (C=O) groups excluding carboxylic acids is 1. The second-order valence-corrected chi connectivity index (χ2v) is 11.1. The van der Waals surface area contributed by atoms with Crippen LogP contribution in [0, 0.1) is 12.8 Å². The Morgan fingerprint density at radius 2 is 1.83 bits per heavy atom. The maximum Gasteiger partial charge on any atom is 0.326 e. The molecule has 188 valence electrons. The van der Waals surface area contributed by atoms with Crippen molar-refractivity contribution in [3.05, 3.63) is 35.9 Å². The smallest absolute Gasteiger partial charge is 0.326 e. The van der Waals surface area contributed by atoms with Gasteiger partial charge in [0.1, 0.15) is 12.4 Å². The molecule has 2 fully saturated rings. The molecule has 12 heteroatoms. The van der Waals surface area contributed by atoms with Crippen molar-refractivity contribution in [3.8, 4) is 11.3 Å². The van der Waals surface area contributed by atoms with Gasteiger partial charge in [-0.05, 0) is 30.7 Å². The van der Waals surface area contributed by atoms with Gasteiger partial charge in [0.05, 0.1) is 17.1 Å². The number of benzene rings is 1. The molecule has 3 heterocycles. The van der Waals surface area contributed by atoms with Gasteiger partial charge in [-0.3, -0.25) is 13.4 Å². The number of nitrogens with zero attached hydrogens (tertiary/aromatic N) is 5. The summed E-state index contributed by atoms with van der Waals surface area (Å²) in [5.74, 6) is -3.33. The Balaban J connectivity index is 1.42. The molecule has 5 rings (SSSR count). The zero-order chi connectivity index (χ0) is 25.1. The van der Waals surface area contributed by atoms with Crippen molar-refractivity contribution in [1.82, 2.24) is 9.88 Å². The number of halogens is 2. The van der Waals surface area contributed by atoms with Crippen LogP contribution in [0.25, 0.3) is 11.3 Å². The summed E-state index contributed by atoms with van der Waals surface area (Å²) in [5, 5.41) is 9.07. The zero-order valence-corrected chi connectivity index (χ0v) is 20.3. The molecule has 3 aliphatic rings. The van der Waals surface area contributed by atoms with Crippen molar-refractivity contribution in [3.63, 3.8) is 0 Å². The van der Waals surface area contributed by atoms with Crippen molar-refractivity contribution < 1.29 is 27.1 Å². The van der Waals surface area contributed by atoms with Gasteiger partial charge in [0.25, 0.3) is 5.92 Å². The lowest BCUT2D eigenvalue weighted by atomic mass is 10.0. The predicted molar refractivity (Wildman–Crippen MR) is 128 cm³/mol. The van der Waals surface area contributed by atoms with Crippen molar-refractivity contribution >= 4 is 33.3 Å². The van der Waals surface area contributed by atoms with Crippen LogP contribution in [0.2, 0.25) is 0 Å². The average Bonchev–Trinajstić information content (AvgIpc) is 3.41. The topological polar surface area (TPSA) is 97.3 Å². The van der Waals surface area contributed by atoms with Gasteiger partial charge >= 0.3 is 10.2 Å². The highest BCUT2D eigenvalue weighted by Gasteiger charge is 2.59. The second-order valence-electron chi connectivity index (χ2n) is 9.23. The summed E-state index contributed by atoms with van der Waals surface area (Å²) in [7, 11) is -2.50. The van der Waals surface area contributed by atoms with E-state index in [-0.39, 0.29) is 18.9 Å². The molecule has 1 aromatic heterocycles. The third-order valence-electron chi connectivity index (χ3n) is 7.00. The zero-order valence-electron chi connectivity index (χ0n) is 19.5. The Kier molecular flexibility index (Phi) is 5.63. The highest BCUT2D eigenvalue weighted by molar-refractivity contribution is 7.94. The first-order valence-electron chi connectivity index (χ1n) is 11.4. The normalized spacial score (nSPS) is 22.4. The number of alkyl halides is 2. The first kappa shape index (κ1) is 23.7. The van der Waals surface area contributed by atoms with Gasteiger partial charge in [-0.25, -0.2) is 13.8 Å². The van der Waals surface area contributed by atoms with E-state index in [4.69, 9.17) is 10.1 Å². The van der Waals surface area contributed by atoms with Crippen molar-refractivity contribution in [1.29, 1.82) is 0 Å². The van der Waals surface area contributed by atoms with Gasteiger partial charge in [-0.1, -0.05) is 12.1 Å². The lowest BCUT2D eigenvalue weighted by molar-refractivity contribution is -0.134. The van der Waals surface area contributed by atoms with E-state index in [1.807, 2.05) is 19.1 Å². The number of carbonyl (C=O) groups is 1. The number of amides is 1. The molecule has 1 unspecified atom stereocenters. The van der Waals surface area contributed by atoms with Gasteiger partial charge in [-0.2, -0.15) is 8.42 Å². The minimum atomic E-state index is -3.92. The van der Waals surface area contributed by atoms with Crippen LogP contribution < -0.4 is 13.5 Å². The van der Waals surface area contributed by atoms with E-state index >= 15 is 0 Å². The van der Waals surface area contributed by atoms with Gasteiger partial charge in [-0.15, -0.1) is 0 Å². The lowest BCUT2D eigenvalue weighted by Crippen LogP contribution is -2.49. The Morgan fingerprint density at radius 3 is 2.46 bits per heavy atom. The van der Waals surface area contributed by atoms with E-state index in [1.165, 1.54) is 7.05 Å². The molecule has 0 spiro atoms. The number of pyridine rings is 1. The van der Waals surface area contributed by atoms with Crippen LogP contribution in [0.1, 0.15) is 12.0 Å². The van der Waals surface area contributed by atoms with E-state index in [1.54, 1.807) is 23.1 Å². The van der Waals surface area contributed by atoms with Crippen LogP contribution in [0.5, 0.6) is 0 Å². The quantitative estimate of drug-likeness (QED) is 0.664. The fraction of sp³-hybridized carbons (Fsp3) is 0.478. The molecular weight excluding hydrogens is 480 g/mol. The Bertz CT molecular complexity index is 1280. The van der Waals surface area contributed by atoms with Crippen molar-refractivity contribution in [2.75, 3.05) is 59.9 Å². The van der Waals surface area contributed by atoms with Crippen molar-refractivity contribution in [2.24, 2.45) is 5.92 Å². The fourth-order valence-corrected chi connectivity index (χ4v) is 6.12. The van der Waals surface area contributed by atoms with E-state index in [0.717, 1.165) is 25.6 Å². The molecule has 0 bridgehead atoms. The number of aryl methyl sites for hydroxylation is 1. The molecule has 2 aliphatic heterocycles. The molecule has 1 amide bonds. The second kappa shape index (κ2) is 8.30. The van der Waals surface area contributed by atoms with E-state index in [0.29, 0.717) is 43.2 Å². The average molecular weight is 508 g/mol. The molecule has 2 aromatic rings.